The molecule has 0 amide bonds. The summed E-state index contributed by atoms with van der Waals surface area (Å²) in [4.78, 5) is 18.6. The Bertz CT molecular complexity index is 616. The third-order valence-corrected chi connectivity index (χ3v) is 3.12. The summed E-state index contributed by atoms with van der Waals surface area (Å²) in [7, 11) is 0. The molecule has 0 aliphatic heterocycles. The topological polar surface area (TPSA) is 66.0 Å². The zero-order valence-electron chi connectivity index (χ0n) is 8.79. The molecule has 0 radical (unpaired) electrons. The quantitative estimate of drug-likeness (QED) is 0.744. The van der Waals surface area contributed by atoms with E-state index >= 15 is 0 Å². The highest BCUT2D eigenvalue weighted by Gasteiger charge is 2.13. The maximum Gasteiger partial charge on any atom is 0.258 e. The van der Waals surface area contributed by atoms with E-state index in [1.54, 1.807) is 0 Å². The van der Waals surface area contributed by atoms with Crippen LogP contribution in [-0.2, 0) is 19.4 Å². The van der Waals surface area contributed by atoms with Gasteiger partial charge in [0.05, 0.1) is 10.9 Å². The van der Waals surface area contributed by atoms with Gasteiger partial charge in [0.25, 0.3) is 5.56 Å². The number of hydrogen-bond donors (Lipinski definition) is 2. The molecule has 3 rings (SSSR count). The standard InChI is InChI=1S/C12H12N2O2/c15-6-11-13-10-5-8-3-1-2-7(8)4-9(10)12(16)14-11/h4-5,15H,1-3,6H2,(H,13,14,16). The van der Waals surface area contributed by atoms with Crippen LogP contribution in [0.5, 0.6) is 0 Å². The van der Waals surface area contributed by atoms with Crippen LogP contribution >= 0.6 is 0 Å². The highest BCUT2D eigenvalue weighted by Crippen LogP contribution is 2.24. The molecule has 0 atom stereocenters. The number of aromatic amines is 1. The Morgan fingerprint density at radius 3 is 2.81 bits per heavy atom. The SMILES string of the molecule is O=c1[nH]c(CO)nc2cc3c(cc12)CCC3. The molecule has 82 valence electrons. The van der Waals surface area contributed by atoms with E-state index in [4.69, 9.17) is 5.11 Å². The molecule has 1 aromatic heterocycles. The first kappa shape index (κ1) is 9.54. The molecular formula is C12H12N2O2. The van der Waals surface area contributed by atoms with Crippen molar-refractivity contribution in [1.82, 2.24) is 9.97 Å². The van der Waals surface area contributed by atoms with Gasteiger partial charge in [0.15, 0.2) is 0 Å². The van der Waals surface area contributed by atoms with E-state index in [0.717, 1.165) is 19.3 Å². The maximum atomic E-state index is 11.8. The third kappa shape index (κ3) is 1.34. The van der Waals surface area contributed by atoms with Crippen molar-refractivity contribution >= 4 is 10.9 Å². The van der Waals surface area contributed by atoms with Crippen LogP contribution in [0.4, 0.5) is 0 Å². The molecule has 16 heavy (non-hydrogen) atoms. The van der Waals surface area contributed by atoms with E-state index < -0.39 is 0 Å². The van der Waals surface area contributed by atoms with Crippen molar-refractivity contribution in [3.05, 3.63) is 39.4 Å². The highest BCUT2D eigenvalue weighted by atomic mass is 16.3. The predicted octanol–water partition coefficient (Wildman–Crippen LogP) is 0.904. The molecule has 0 saturated carbocycles. The van der Waals surface area contributed by atoms with Gasteiger partial charge in [0.2, 0.25) is 0 Å². The lowest BCUT2D eigenvalue weighted by molar-refractivity contribution is 0.271. The first-order valence-electron chi connectivity index (χ1n) is 5.43. The lowest BCUT2D eigenvalue weighted by Gasteiger charge is -2.03. The summed E-state index contributed by atoms with van der Waals surface area (Å²) in [6.07, 6.45) is 3.26. The van der Waals surface area contributed by atoms with Crippen molar-refractivity contribution in [2.24, 2.45) is 0 Å². The molecule has 2 N–H and O–H groups in total. The zero-order valence-corrected chi connectivity index (χ0v) is 8.79. The normalized spacial score (nSPS) is 14.3. The van der Waals surface area contributed by atoms with Crippen LogP contribution in [0.1, 0.15) is 23.4 Å². The van der Waals surface area contributed by atoms with Gasteiger partial charge in [-0.25, -0.2) is 4.98 Å². The largest absolute Gasteiger partial charge is 0.388 e. The Morgan fingerprint density at radius 1 is 1.31 bits per heavy atom. The Morgan fingerprint density at radius 2 is 2.06 bits per heavy atom. The number of aryl methyl sites for hydroxylation is 2. The molecule has 2 aromatic rings. The summed E-state index contributed by atoms with van der Waals surface area (Å²) in [5.41, 5.74) is 3.07. The van der Waals surface area contributed by atoms with E-state index in [1.165, 1.54) is 11.1 Å². The summed E-state index contributed by atoms with van der Waals surface area (Å²) in [5.74, 6) is 0.329. The molecule has 1 aromatic carbocycles. The smallest absolute Gasteiger partial charge is 0.258 e. The molecule has 1 aliphatic carbocycles. The Kier molecular flexibility index (Phi) is 2.04. The van der Waals surface area contributed by atoms with E-state index in [2.05, 4.69) is 9.97 Å². The summed E-state index contributed by atoms with van der Waals surface area (Å²) < 4.78 is 0. The second-order valence-corrected chi connectivity index (χ2v) is 4.16. The molecule has 4 nitrogen and oxygen atoms in total. The highest BCUT2D eigenvalue weighted by molar-refractivity contribution is 5.79. The van der Waals surface area contributed by atoms with Gasteiger partial charge in [0, 0.05) is 0 Å². The Balaban J connectivity index is 2.35. The number of nitrogens with zero attached hydrogens (tertiary/aromatic N) is 1. The van der Waals surface area contributed by atoms with Crippen molar-refractivity contribution < 1.29 is 5.11 Å². The molecule has 0 unspecified atom stereocenters. The van der Waals surface area contributed by atoms with Gasteiger partial charge < -0.3 is 10.1 Å². The van der Waals surface area contributed by atoms with Crippen LogP contribution in [0.3, 0.4) is 0 Å². The van der Waals surface area contributed by atoms with Crippen LogP contribution in [0.2, 0.25) is 0 Å². The van der Waals surface area contributed by atoms with Gasteiger partial charge in [-0.1, -0.05) is 0 Å². The second-order valence-electron chi connectivity index (χ2n) is 4.16. The predicted molar refractivity (Wildman–Crippen MR) is 60.3 cm³/mol. The van der Waals surface area contributed by atoms with E-state index in [9.17, 15) is 4.79 Å². The van der Waals surface area contributed by atoms with Crippen molar-refractivity contribution in [2.75, 3.05) is 0 Å². The van der Waals surface area contributed by atoms with Crippen LogP contribution in [0, 0.1) is 0 Å². The van der Waals surface area contributed by atoms with Gasteiger partial charge in [0.1, 0.15) is 12.4 Å². The summed E-state index contributed by atoms with van der Waals surface area (Å²) in [6, 6.07) is 3.91. The minimum absolute atomic E-state index is 0.163. The second kappa shape index (κ2) is 3.42. The average molecular weight is 216 g/mol. The van der Waals surface area contributed by atoms with E-state index in [1.807, 2.05) is 12.1 Å². The van der Waals surface area contributed by atoms with Gasteiger partial charge in [-0.3, -0.25) is 4.79 Å². The van der Waals surface area contributed by atoms with Gasteiger partial charge in [-0.05, 0) is 42.5 Å². The number of rotatable bonds is 1. The van der Waals surface area contributed by atoms with Crippen molar-refractivity contribution in [2.45, 2.75) is 25.9 Å². The fourth-order valence-corrected chi connectivity index (χ4v) is 2.33. The maximum absolute atomic E-state index is 11.8. The first-order chi connectivity index (χ1) is 7.78. The fraction of sp³-hybridized carbons (Fsp3) is 0.333. The van der Waals surface area contributed by atoms with Crippen LogP contribution in [0.25, 0.3) is 10.9 Å². The van der Waals surface area contributed by atoms with Crippen LogP contribution in [0.15, 0.2) is 16.9 Å². The number of aromatic nitrogens is 2. The molecule has 0 spiro atoms. The summed E-state index contributed by atoms with van der Waals surface area (Å²) in [6.45, 7) is -0.234. The van der Waals surface area contributed by atoms with Crippen LogP contribution < -0.4 is 5.56 Å². The number of fused-ring (bicyclic) bond motifs is 2. The van der Waals surface area contributed by atoms with Gasteiger partial charge >= 0.3 is 0 Å². The Hall–Kier alpha value is -1.68. The number of H-pyrrole nitrogens is 1. The summed E-state index contributed by atoms with van der Waals surface area (Å²) >= 11 is 0. The number of aliphatic hydroxyl groups excluding tert-OH is 1. The fourth-order valence-electron chi connectivity index (χ4n) is 2.33. The van der Waals surface area contributed by atoms with E-state index in [0.29, 0.717) is 16.7 Å². The monoisotopic (exact) mass is 216 g/mol. The van der Waals surface area contributed by atoms with Gasteiger partial charge in [-0.2, -0.15) is 0 Å². The number of aliphatic hydroxyl groups is 1. The molecule has 0 saturated heterocycles. The Labute approximate surface area is 92.0 Å². The van der Waals surface area contributed by atoms with Gasteiger partial charge in [-0.15, -0.1) is 0 Å². The number of hydrogen-bond acceptors (Lipinski definition) is 3. The molecule has 1 heterocycles. The molecule has 0 bridgehead atoms. The zero-order chi connectivity index (χ0) is 11.1. The minimum atomic E-state index is -0.234. The minimum Gasteiger partial charge on any atom is -0.388 e. The third-order valence-electron chi connectivity index (χ3n) is 3.12. The number of nitrogens with one attached hydrogen (secondary N) is 1. The van der Waals surface area contributed by atoms with Crippen molar-refractivity contribution in [3.63, 3.8) is 0 Å². The lowest BCUT2D eigenvalue weighted by Crippen LogP contribution is -2.12. The van der Waals surface area contributed by atoms with Crippen molar-refractivity contribution in [1.29, 1.82) is 0 Å². The lowest BCUT2D eigenvalue weighted by atomic mass is 10.1. The molecule has 1 aliphatic rings. The summed E-state index contributed by atoms with van der Waals surface area (Å²) in [5, 5.41) is 9.61. The van der Waals surface area contributed by atoms with Crippen molar-refractivity contribution in [3.8, 4) is 0 Å². The number of benzene rings is 1. The first-order valence-corrected chi connectivity index (χ1v) is 5.43. The molecule has 4 heteroatoms. The van der Waals surface area contributed by atoms with Crippen LogP contribution in [-0.4, -0.2) is 15.1 Å². The van der Waals surface area contributed by atoms with E-state index in [-0.39, 0.29) is 12.2 Å². The molecule has 0 fully saturated rings. The average Bonchev–Trinajstić information content (AvgIpc) is 2.73. The molecular weight excluding hydrogens is 204 g/mol.